The van der Waals surface area contributed by atoms with E-state index in [0.717, 1.165) is 16.9 Å². The van der Waals surface area contributed by atoms with Gasteiger partial charge in [-0.15, -0.1) is 0 Å². The fraction of sp³-hybridized carbons (Fsp3) is 0.647. The van der Waals surface area contributed by atoms with Crippen molar-refractivity contribution in [3.8, 4) is 0 Å². The van der Waals surface area contributed by atoms with Crippen LogP contribution < -0.4 is 5.32 Å². The summed E-state index contributed by atoms with van der Waals surface area (Å²) in [5.41, 5.74) is -0.883. The molecular formula is C17H27N3O7. The van der Waals surface area contributed by atoms with E-state index in [0.29, 0.717) is 0 Å². The topological polar surface area (TPSA) is 114 Å². The second-order valence-corrected chi connectivity index (χ2v) is 7.22. The number of nitrogens with zero attached hydrogens (tertiary/aromatic N) is 2. The third-order valence-corrected chi connectivity index (χ3v) is 3.54. The molecule has 1 aliphatic rings. The van der Waals surface area contributed by atoms with Crippen molar-refractivity contribution >= 4 is 24.1 Å². The second kappa shape index (κ2) is 8.74. The molecule has 152 valence electrons. The number of hydrogen-bond acceptors (Lipinski definition) is 7. The van der Waals surface area contributed by atoms with Crippen LogP contribution in [0.25, 0.3) is 0 Å². The zero-order valence-corrected chi connectivity index (χ0v) is 16.7. The van der Waals surface area contributed by atoms with Gasteiger partial charge < -0.3 is 19.5 Å². The molecule has 0 saturated carbocycles. The van der Waals surface area contributed by atoms with Crippen LogP contribution in [-0.2, 0) is 23.8 Å². The van der Waals surface area contributed by atoms with Crippen molar-refractivity contribution in [1.29, 1.82) is 0 Å². The minimum Gasteiger partial charge on any atom is -0.464 e. The van der Waals surface area contributed by atoms with Gasteiger partial charge >= 0.3 is 18.2 Å². The quantitative estimate of drug-likeness (QED) is 0.575. The standard InChI is InChI=1S/C17H27N3O7/c1-10(2)12(18-15(23)26-7)13(21)20-9-19(8-11(20)14(22)25-6)16(24)27-17(3,4)5/h8,10,12H,9H2,1-7H3,(H,18,23). The molecule has 0 fully saturated rings. The molecule has 1 aliphatic heterocycles. The first-order chi connectivity index (χ1) is 12.4. The summed E-state index contributed by atoms with van der Waals surface area (Å²) in [6, 6.07) is -0.968. The first-order valence-corrected chi connectivity index (χ1v) is 8.37. The summed E-state index contributed by atoms with van der Waals surface area (Å²) in [6.07, 6.45) is -0.317. The number of esters is 1. The summed E-state index contributed by atoms with van der Waals surface area (Å²) in [6.45, 7) is 8.30. The van der Waals surface area contributed by atoms with E-state index in [1.807, 2.05) is 0 Å². The van der Waals surface area contributed by atoms with Crippen molar-refractivity contribution in [3.05, 3.63) is 11.9 Å². The van der Waals surface area contributed by atoms with Crippen molar-refractivity contribution in [2.45, 2.75) is 46.3 Å². The molecule has 0 aliphatic carbocycles. The molecule has 0 radical (unpaired) electrons. The maximum atomic E-state index is 13.0. The molecule has 0 spiro atoms. The van der Waals surface area contributed by atoms with Crippen LogP contribution in [0.4, 0.5) is 9.59 Å². The van der Waals surface area contributed by atoms with Crippen LogP contribution in [0.1, 0.15) is 34.6 Å². The Bertz CT molecular complexity index is 637. The molecule has 0 bridgehead atoms. The predicted molar refractivity (Wildman–Crippen MR) is 94.1 cm³/mol. The molecule has 0 saturated heterocycles. The Morgan fingerprint density at radius 3 is 2.15 bits per heavy atom. The maximum Gasteiger partial charge on any atom is 0.415 e. The average Bonchev–Trinajstić information content (AvgIpc) is 3.01. The maximum absolute atomic E-state index is 13.0. The lowest BCUT2D eigenvalue weighted by Gasteiger charge is -2.28. The molecule has 27 heavy (non-hydrogen) atoms. The van der Waals surface area contributed by atoms with E-state index in [9.17, 15) is 19.2 Å². The summed E-state index contributed by atoms with van der Waals surface area (Å²) in [4.78, 5) is 51.0. The highest BCUT2D eigenvalue weighted by atomic mass is 16.6. The number of carbonyl (C=O) groups excluding carboxylic acids is 4. The summed E-state index contributed by atoms with van der Waals surface area (Å²) >= 11 is 0. The van der Waals surface area contributed by atoms with Gasteiger partial charge in [-0.25, -0.2) is 14.4 Å². The second-order valence-electron chi connectivity index (χ2n) is 7.22. The van der Waals surface area contributed by atoms with Crippen molar-refractivity contribution in [2.24, 2.45) is 5.92 Å². The Hall–Kier alpha value is -2.78. The van der Waals surface area contributed by atoms with E-state index in [1.54, 1.807) is 34.6 Å². The molecule has 1 heterocycles. The highest BCUT2D eigenvalue weighted by Crippen LogP contribution is 2.22. The highest BCUT2D eigenvalue weighted by molar-refractivity contribution is 5.97. The van der Waals surface area contributed by atoms with Gasteiger partial charge in [0.1, 0.15) is 24.0 Å². The molecule has 1 unspecified atom stereocenters. The molecule has 1 atom stereocenters. The minimum atomic E-state index is -0.968. The molecule has 0 aromatic carbocycles. The molecule has 0 aromatic heterocycles. The number of alkyl carbamates (subject to hydrolysis) is 1. The fourth-order valence-electron chi connectivity index (χ4n) is 2.24. The molecular weight excluding hydrogens is 358 g/mol. The Morgan fingerprint density at radius 1 is 1.11 bits per heavy atom. The summed E-state index contributed by atoms with van der Waals surface area (Å²) in [5.74, 6) is -1.68. The predicted octanol–water partition coefficient (Wildman–Crippen LogP) is 1.42. The number of hydrogen-bond donors (Lipinski definition) is 1. The van der Waals surface area contributed by atoms with Crippen molar-refractivity contribution in [1.82, 2.24) is 15.1 Å². The Kier molecular flexibility index (Phi) is 7.21. The zero-order valence-electron chi connectivity index (χ0n) is 16.7. The van der Waals surface area contributed by atoms with Crippen LogP contribution in [0.15, 0.2) is 11.9 Å². The molecule has 10 nitrogen and oxygen atoms in total. The van der Waals surface area contributed by atoms with E-state index in [-0.39, 0.29) is 18.3 Å². The van der Waals surface area contributed by atoms with E-state index in [2.05, 4.69) is 10.1 Å². The van der Waals surface area contributed by atoms with Gasteiger partial charge in [0.15, 0.2) is 0 Å². The van der Waals surface area contributed by atoms with Gasteiger partial charge in [0.05, 0.1) is 14.2 Å². The van der Waals surface area contributed by atoms with E-state index < -0.39 is 35.7 Å². The van der Waals surface area contributed by atoms with Crippen molar-refractivity contribution < 1.29 is 33.4 Å². The Balaban J connectivity index is 3.11. The van der Waals surface area contributed by atoms with Crippen molar-refractivity contribution in [3.63, 3.8) is 0 Å². The van der Waals surface area contributed by atoms with Crippen LogP contribution in [0.3, 0.4) is 0 Å². The molecule has 0 aromatic rings. The third-order valence-electron chi connectivity index (χ3n) is 3.54. The van der Waals surface area contributed by atoms with Gasteiger partial charge in [-0.3, -0.25) is 14.6 Å². The lowest BCUT2D eigenvalue weighted by atomic mass is 10.0. The largest absolute Gasteiger partial charge is 0.464 e. The Labute approximate surface area is 158 Å². The molecule has 3 amide bonds. The number of methoxy groups -OCH3 is 2. The summed E-state index contributed by atoms with van der Waals surface area (Å²) < 4.78 is 14.5. The van der Waals surface area contributed by atoms with E-state index >= 15 is 0 Å². The van der Waals surface area contributed by atoms with Crippen LogP contribution in [0, 0.1) is 5.92 Å². The number of rotatable bonds is 4. The van der Waals surface area contributed by atoms with Crippen molar-refractivity contribution in [2.75, 3.05) is 20.9 Å². The first kappa shape index (κ1) is 22.3. The SMILES string of the molecule is COC(=O)NC(C(=O)N1CN(C(=O)OC(C)(C)C)C=C1C(=O)OC)C(C)C. The zero-order chi connectivity index (χ0) is 20.9. The van der Waals surface area contributed by atoms with Crippen LogP contribution in [-0.4, -0.2) is 66.4 Å². The van der Waals surface area contributed by atoms with Gasteiger partial charge in [0, 0.05) is 6.20 Å². The van der Waals surface area contributed by atoms with Gasteiger partial charge in [-0.05, 0) is 26.7 Å². The molecule has 1 rings (SSSR count). The molecule has 10 heteroatoms. The monoisotopic (exact) mass is 385 g/mol. The van der Waals surface area contributed by atoms with E-state index in [4.69, 9.17) is 9.47 Å². The average molecular weight is 385 g/mol. The molecule has 1 N–H and O–H groups in total. The lowest BCUT2D eigenvalue weighted by molar-refractivity contribution is -0.143. The first-order valence-electron chi connectivity index (χ1n) is 8.37. The van der Waals surface area contributed by atoms with Gasteiger partial charge in [-0.1, -0.05) is 13.8 Å². The highest BCUT2D eigenvalue weighted by Gasteiger charge is 2.39. The number of carbonyl (C=O) groups is 4. The summed E-state index contributed by atoms with van der Waals surface area (Å²) in [5, 5.41) is 2.44. The Morgan fingerprint density at radius 2 is 1.70 bits per heavy atom. The van der Waals surface area contributed by atoms with Gasteiger partial charge in [0.25, 0.3) is 5.91 Å². The minimum absolute atomic E-state index is 0.134. The third kappa shape index (κ3) is 5.87. The van der Waals surface area contributed by atoms with Crippen LogP contribution >= 0.6 is 0 Å². The van der Waals surface area contributed by atoms with E-state index in [1.165, 1.54) is 13.3 Å². The fourth-order valence-corrected chi connectivity index (χ4v) is 2.24. The van der Waals surface area contributed by atoms with Crippen LogP contribution in [0.2, 0.25) is 0 Å². The van der Waals surface area contributed by atoms with Gasteiger partial charge in [0.2, 0.25) is 0 Å². The lowest BCUT2D eigenvalue weighted by Crippen LogP contribution is -2.52. The van der Waals surface area contributed by atoms with Gasteiger partial charge in [-0.2, -0.15) is 0 Å². The summed E-state index contributed by atoms with van der Waals surface area (Å²) in [7, 11) is 2.34. The number of ether oxygens (including phenoxy) is 3. The number of nitrogens with one attached hydrogen (secondary N) is 1. The smallest absolute Gasteiger partial charge is 0.415 e. The number of amides is 3. The normalized spacial score (nSPS) is 15.2. The van der Waals surface area contributed by atoms with Crippen LogP contribution in [0.5, 0.6) is 0 Å².